The van der Waals surface area contributed by atoms with Crippen LogP contribution >= 0.6 is 22.9 Å². The number of anilines is 1. The number of benzene rings is 1. The molecule has 2 heterocycles. The Labute approximate surface area is 147 Å². The van der Waals surface area contributed by atoms with Crippen LogP contribution in [-0.2, 0) is 6.42 Å². The summed E-state index contributed by atoms with van der Waals surface area (Å²) >= 11 is 7.21. The number of pyridine rings is 1. The van der Waals surface area contributed by atoms with Gasteiger partial charge in [-0.2, -0.15) is 0 Å². The average Bonchev–Trinajstić information content (AvgIpc) is 3.20. The first-order chi connectivity index (χ1) is 11.6. The van der Waals surface area contributed by atoms with Crippen molar-refractivity contribution in [3.63, 3.8) is 0 Å². The highest BCUT2D eigenvalue weighted by atomic mass is 35.5. The zero-order chi connectivity index (χ0) is 16.7. The smallest absolute Gasteiger partial charge is 0.212 e. The van der Waals surface area contributed by atoms with Gasteiger partial charge in [0.25, 0.3) is 0 Å². The molecule has 0 amide bonds. The van der Waals surface area contributed by atoms with Gasteiger partial charge in [0.2, 0.25) is 5.78 Å². The molecule has 0 fully saturated rings. The van der Waals surface area contributed by atoms with Gasteiger partial charge in [-0.15, -0.1) is 11.3 Å². The zero-order valence-electron chi connectivity index (χ0n) is 12.5. The molecule has 1 aliphatic carbocycles. The predicted octanol–water partition coefficient (Wildman–Crippen LogP) is 4.26. The molecule has 0 saturated carbocycles. The van der Waals surface area contributed by atoms with Crippen LogP contribution in [0, 0.1) is 0 Å². The molecule has 0 atom stereocenters. The maximum Gasteiger partial charge on any atom is 0.212 e. The van der Waals surface area contributed by atoms with E-state index < -0.39 is 0 Å². The second-order valence-corrected chi connectivity index (χ2v) is 6.77. The quantitative estimate of drug-likeness (QED) is 0.714. The predicted molar refractivity (Wildman–Crippen MR) is 97.2 cm³/mol. The third-order valence-corrected chi connectivity index (χ3v) is 4.86. The number of rotatable bonds is 3. The molecule has 0 radical (unpaired) electrons. The molecule has 0 spiro atoms. The number of fused-ring (bicyclic) bond motifs is 1. The Bertz CT molecular complexity index is 976. The Kier molecular flexibility index (Phi) is 3.67. The lowest BCUT2D eigenvalue weighted by Gasteiger charge is -2.07. The van der Waals surface area contributed by atoms with Gasteiger partial charge in [-0.1, -0.05) is 29.8 Å². The lowest BCUT2D eigenvalue weighted by Crippen LogP contribution is -2.03. The average molecular weight is 354 g/mol. The van der Waals surface area contributed by atoms with E-state index in [1.165, 1.54) is 11.3 Å². The number of hydrogen-bond donors (Lipinski definition) is 1. The summed E-state index contributed by atoms with van der Waals surface area (Å²) in [4.78, 5) is 21.3. The van der Waals surface area contributed by atoms with Gasteiger partial charge in [-0.05, 0) is 23.8 Å². The van der Waals surface area contributed by atoms with Crippen LogP contribution < -0.4 is 5.73 Å². The minimum absolute atomic E-state index is 0.114. The molecule has 4 rings (SSSR count). The van der Waals surface area contributed by atoms with Crippen molar-refractivity contribution in [3.05, 3.63) is 70.0 Å². The van der Waals surface area contributed by atoms with Crippen molar-refractivity contribution in [1.82, 2.24) is 9.97 Å². The molecule has 2 aromatic heterocycles. The van der Waals surface area contributed by atoms with Crippen molar-refractivity contribution in [2.75, 3.05) is 5.73 Å². The third-order valence-electron chi connectivity index (χ3n) is 3.94. The van der Waals surface area contributed by atoms with Crippen LogP contribution in [0.1, 0.15) is 21.7 Å². The number of carbonyl (C=O) groups excluding carboxylic acids is 1. The number of Topliss-reactive ketones (excluding diaryl/α,β-unsaturated/α-hetero) is 1. The number of thiazole rings is 1. The van der Waals surface area contributed by atoms with E-state index in [0.29, 0.717) is 27.8 Å². The summed E-state index contributed by atoms with van der Waals surface area (Å²) in [6.07, 6.45) is 4.38. The van der Waals surface area contributed by atoms with Crippen molar-refractivity contribution < 1.29 is 4.79 Å². The topological polar surface area (TPSA) is 68.9 Å². The second kappa shape index (κ2) is 5.85. The molecular formula is C18H12ClN3OS. The number of carbonyl (C=O) groups is 1. The lowest BCUT2D eigenvalue weighted by molar-refractivity contribution is 0.105. The van der Waals surface area contributed by atoms with Crippen LogP contribution in [-0.4, -0.2) is 15.8 Å². The van der Waals surface area contributed by atoms with Gasteiger partial charge in [0.15, 0.2) is 5.13 Å². The molecule has 1 aliphatic rings. The number of hydrogen-bond acceptors (Lipinski definition) is 5. The first kappa shape index (κ1) is 15.1. The molecule has 0 unspecified atom stereocenters. The molecule has 6 heteroatoms. The lowest BCUT2D eigenvalue weighted by atomic mass is 9.99. The third kappa shape index (κ3) is 2.62. The summed E-state index contributed by atoms with van der Waals surface area (Å²) in [6, 6.07) is 9.55. The molecule has 1 aromatic carbocycles. The molecule has 0 saturated heterocycles. The maximum atomic E-state index is 12.7. The highest BCUT2D eigenvalue weighted by Crippen LogP contribution is 2.33. The van der Waals surface area contributed by atoms with Gasteiger partial charge in [-0.25, -0.2) is 4.98 Å². The molecule has 118 valence electrons. The number of allylic oxidation sites excluding steroid dienone is 2. The van der Waals surface area contributed by atoms with Gasteiger partial charge in [-0.3, -0.25) is 9.78 Å². The second-order valence-electron chi connectivity index (χ2n) is 5.45. The Morgan fingerprint density at radius 2 is 2.00 bits per heavy atom. The summed E-state index contributed by atoms with van der Waals surface area (Å²) in [6.45, 7) is 0. The van der Waals surface area contributed by atoms with E-state index >= 15 is 0 Å². The van der Waals surface area contributed by atoms with E-state index in [2.05, 4.69) is 9.97 Å². The van der Waals surface area contributed by atoms with Crippen LogP contribution in [0.3, 0.4) is 0 Å². The fourth-order valence-electron chi connectivity index (χ4n) is 2.74. The molecule has 3 aromatic rings. The number of nitrogen functional groups attached to an aromatic ring is 1. The van der Waals surface area contributed by atoms with E-state index in [0.717, 1.165) is 22.4 Å². The van der Waals surface area contributed by atoms with Crippen LogP contribution in [0.15, 0.2) is 48.0 Å². The Morgan fingerprint density at radius 3 is 2.71 bits per heavy atom. The van der Waals surface area contributed by atoms with Gasteiger partial charge >= 0.3 is 0 Å². The molecule has 0 aliphatic heterocycles. The largest absolute Gasteiger partial charge is 0.375 e. The van der Waals surface area contributed by atoms with Crippen molar-refractivity contribution >= 4 is 39.4 Å². The van der Waals surface area contributed by atoms with Crippen LogP contribution in [0.2, 0.25) is 5.02 Å². The number of nitrogens with zero attached hydrogens (tertiary/aromatic N) is 2. The zero-order valence-corrected chi connectivity index (χ0v) is 14.1. The van der Waals surface area contributed by atoms with Crippen molar-refractivity contribution in [3.8, 4) is 11.1 Å². The summed E-state index contributed by atoms with van der Waals surface area (Å²) < 4.78 is 0. The van der Waals surface area contributed by atoms with Crippen molar-refractivity contribution in [2.24, 2.45) is 0 Å². The first-order valence-corrected chi connectivity index (χ1v) is 8.58. The van der Waals surface area contributed by atoms with Gasteiger partial charge < -0.3 is 5.73 Å². The Balaban J connectivity index is 1.73. The maximum absolute atomic E-state index is 12.7. The fourth-order valence-corrected chi connectivity index (χ4v) is 3.41. The summed E-state index contributed by atoms with van der Waals surface area (Å²) in [5, 5.41) is 2.77. The standard InChI is InChI=1S/C18H12ClN3OS/c19-12-3-1-10(2-4-12)11-7-14-13(5-6-15(14)21-8-11)17(23)16-9-24-18(20)22-16/h1-5,7-9H,6H2,(H2,20,22). The monoisotopic (exact) mass is 353 g/mol. The molecule has 4 nitrogen and oxygen atoms in total. The number of aromatic nitrogens is 2. The first-order valence-electron chi connectivity index (χ1n) is 7.33. The van der Waals surface area contributed by atoms with E-state index in [9.17, 15) is 4.79 Å². The number of halogens is 1. The minimum Gasteiger partial charge on any atom is -0.375 e. The molecule has 2 N–H and O–H groups in total. The van der Waals surface area contributed by atoms with E-state index in [4.69, 9.17) is 17.3 Å². The minimum atomic E-state index is -0.114. The van der Waals surface area contributed by atoms with E-state index in [1.807, 2.05) is 42.6 Å². The van der Waals surface area contributed by atoms with Crippen LogP contribution in [0.4, 0.5) is 5.13 Å². The molecule has 0 bridgehead atoms. The fraction of sp³-hybridized carbons (Fsp3) is 0.0556. The Hall–Kier alpha value is -2.50. The summed E-state index contributed by atoms with van der Waals surface area (Å²) in [7, 11) is 0. The molecular weight excluding hydrogens is 342 g/mol. The van der Waals surface area contributed by atoms with E-state index in [-0.39, 0.29) is 5.78 Å². The summed E-state index contributed by atoms with van der Waals surface area (Å²) in [5.74, 6) is -0.114. The Morgan fingerprint density at radius 1 is 1.21 bits per heavy atom. The SMILES string of the molecule is Nc1nc(C(=O)C2=CCc3ncc(-c4ccc(Cl)cc4)cc32)cs1. The highest BCUT2D eigenvalue weighted by Gasteiger charge is 2.24. The normalized spacial score (nSPS) is 12.8. The van der Waals surface area contributed by atoms with Crippen molar-refractivity contribution in [2.45, 2.75) is 6.42 Å². The van der Waals surface area contributed by atoms with E-state index in [1.54, 1.807) is 5.38 Å². The van der Waals surface area contributed by atoms with Gasteiger partial charge in [0, 0.05) is 39.7 Å². The summed E-state index contributed by atoms with van der Waals surface area (Å²) in [5.41, 5.74) is 10.4. The highest BCUT2D eigenvalue weighted by molar-refractivity contribution is 7.13. The van der Waals surface area contributed by atoms with Crippen LogP contribution in [0.25, 0.3) is 16.7 Å². The van der Waals surface area contributed by atoms with Gasteiger partial charge in [0.05, 0.1) is 5.69 Å². The number of nitrogens with two attached hydrogens (primary N) is 1. The van der Waals surface area contributed by atoms with Crippen LogP contribution in [0.5, 0.6) is 0 Å². The van der Waals surface area contributed by atoms with Crippen molar-refractivity contribution in [1.29, 1.82) is 0 Å². The van der Waals surface area contributed by atoms with Gasteiger partial charge in [0.1, 0.15) is 5.69 Å². The molecule has 24 heavy (non-hydrogen) atoms. The number of ketones is 1.